The summed E-state index contributed by atoms with van der Waals surface area (Å²) in [6.45, 7) is 7.92. The zero-order chi connectivity index (χ0) is 12.0. The van der Waals surface area contributed by atoms with Gasteiger partial charge in [-0.15, -0.1) is 0 Å². The predicted octanol–water partition coefficient (Wildman–Crippen LogP) is 0.481. The summed E-state index contributed by atoms with van der Waals surface area (Å²) in [6.07, 6.45) is 3.01. The van der Waals surface area contributed by atoms with Crippen LogP contribution >= 0.6 is 0 Å². The Bertz CT molecular complexity index is 376. The van der Waals surface area contributed by atoms with Crippen molar-refractivity contribution in [1.29, 1.82) is 0 Å². The summed E-state index contributed by atoms with van der Waals surface area (Å²) in [5.41, 5.74) is -0.0538. The lowest BCUT2D eigenvalue weighted by molar-refractivity contribution is 0.00578. The Morgan fingerprint density at radius 1 is 1.06 bits per heavy atom. The third-order valence-electron chi connectivity index (χ3n) is 3.18. The molecule has 1 aromatic heterocycles. The second-order valence-electron chi connectivity index (χ2n) is 4.90. The molecule has 2 rings (SSSR count). The lowest BCUT2D eigenvalue weighted by Gasteiger charge is -2.32. The van der Waals surface area contributed by atoms with Gasteiger partial charge in [0, 0.05) is 17.9 Å². The molecule has 1 fully saturated rings. The lowest BCUT2D eigenvalue weighted by Crippen LogP contribution is -2.41. The van der Waals surface area contributed by atoms with Gasteiger partial charge in [0.15, 0.2) is 0 Å². The first kappa shape index (κ1) is 11.4. The van der Waals surface area contributed by atoms with Gasteiger partial charge in [-0.3, -0.25) is 0 Å². The predicted molar refractivity (Wildman–Crippen MR) is 59.4 cm³/mol. The van der Waals surface area contributed by atoms with E-state index in [1.807, 2.05) is 27.7 Å². The zero-order valence-electron chi connectivity index (χ0n) is 9.89. The van der Waals surface area contributed by atoms with Crippen LogP contribution in [-0.4, -0.2) is 33.4 Å². The average Bonchev–Trinajstić information content (AvgIpc) is 2.37. The Morgan fingerprint density at radius 3 is 1.94 bits per heavy atom. The van der Waals surface area contributed by atoms with Crippen LogP contribution in [0.4, 0.5) is 0 Å². The monoisotopic (exact) mass is 222 g/mol. The van der Waals surface area contributed by atoms with Crippen molar-refractivity contribution in [2.45, 2.75) is 38.9 Å². The lowest BCUT2D eigenvalue weighted by atomic mass is 9.81. The molecule has 0 spiro atoms. The van der Waals surface area contributed by atoms with Crippen LogP contribution in [0, 0.1) is 0 Å². The first-order valence-electron chi connectivity index (χ1n) is 5.18. The quantitative estimate of drug-likeness (QED) is 0.700. The molecule has 1 aromatic rings. The van der Waals surface area contributed by atoms with Crippen molar-refractivity contribution in [3.63, 3.8) is 0 Å². The van der Waals surface area contributed by atoms with E-state index >= 15 is 0 Å². The smallest absolute Gasteiger partial charge is 0.479 e. The summed E-state index contributed by atoms with van der Waals surface area (Å²) in [5, 5.41) is 9.00. The van der Waals surface area contributed by atoms with Crippen molar-refractivity contribution < 1.29 is 14.4 Å². The number of aromatic hydroxyl groups is 1. The third-order valence-corrected chi connectivity index (χ3v) is 3.18. The third kappa shape index (κ3) is 1.78. The summed E-state index contributed by atoms with van der Waals surface area (Å²) in [7, 11) is -0.481. The molecule has 0 amide bonds. The maximum absolute atomic E-state index is 9.00. The SMILES string of the molecule is CC1(C)OB(c2cnc(O)nc2)OC1(C)C. The second kappa shape index (κ2) is 3.43. The number of aromatic nitrogens is 2. The maximum Gasteiger partial charge on any atom is 0.498 e. The fraction of sp³-hybridized carbons (Fsp3) is 0.600. The Labute approximate surface area is 95.0 Å². The molecule has 0 unspecified atom stereocenters. The molecule has 0 atom stereocenters. The van der Waals surface area contributed by atoms with Gasteiger partial charge in [0.25, 0.3) is 0 Å². The highest BCUT2D eigenvalue weighted by molar-refractivity contribution is 6.61. The Hall–Kier alpha value is -1.14. The van der Waals surface area contributed by atoms with Crippen LogP contribution in [0.1, 0.15) is 27.7 Å². The van der Waals surface area contributed by atoms with Crippen molar-refractivity contribution in [2.24, 2.45) is 0 Å². The molecule has 5 nitrogen and oxygen atoms in total. The number of nitrogens with zero attached hydrogens (tertiary/aromatic N) is 2. The normalized spacial score (nSPS) is 22.4. The molecule has 1 N–H and O–H groups in total. The molecule has 1 aliphatic heterocycles. The van der Waals surface area contributed by atoms with Gasteiger partial charge in [-0.05, 0) is 27.7 Å². The van der Waals surface area contributed by atoms with Crippen molar-refractivity contribution in [1.82, 2.24) is 9.97 Å². The molecule has 0 aromatic carbocycles. The molecule has 0 aliphatic carbocycles. The molecule has 1 saturated heterocycles. The first-order chi connectivity index (χ1) is 7.32. The van der Waals surface area contributed by atoms with Gasteiger partial charge in [0.1, 0.15) is 0 Å². The maximum atomic E-state index is 9.00. The Kier molecular flexibility index (Phi) is 2.43. The minimum Gasteiger partial charge on any atom is -0.479 e. The topological polar surface area (TPSA) is 64.5 Å². The van der Waals surface area contributed by atoms with Gasteiger partial charge < -0.3 is 14.4 Å². The van der Waals surface area contributed by atoms with E-state index in [0.717, 1.165) is 0 Å². The Morgan fingerprint density at radius 2 is 1.50 bits per heavy atom. The molecule has 0 bridgehead atoms. The van der Waals surface area contributed by atoms with Crippen molar-refractivity contribution in [2.75, 3.05) is 0 Å². The minimum atomic E-state index is -0.481. The number of hydrogen-bond acceptors (Lipinski definition) is 5. The Balaban J connectivity index is 2.23. The largest absolute Gasteiger partial charge is 0.498 e. The van der Waals surface area contributed by atoms with E-state index < -0.39 is 7.12 Å². The summed E-state index contributed by atoms with van der Waals surface area (Å²) >= 11 is 0. The van der Waals surface area contributed by atoms with Crippen LogP contribution in [0.5, 0.6) is 6.01 Å². The van der Waals surface area contributed by atoms with Crippen molar-refractivity contribution in [3.05, 3.63) is 12.4 Å². The molecule has 0 radical (unpaired) electrons. The summed E-state index contributed by atoms with van der Waals surface area (Å²) in [5.74, 6) is 0. The van der Waals surface area contributed by atoms with Crippen LogP contribution in [0.25, 0.3) is 0 Å². The molecular formula is C10H15BN2O3. The van der Waals surface area contributed by atoms with Gasteiger partial charge in [0.2, 0.25) is 0 Å². The summed E-state index contributed by atoms with van der Waals surface area (Å²) in [6, 6.07) is -0.250. The van der Waals surface area contributed by atoms with Gasteiger partial charge in [-0.2, -0.15) is 0 Å². The molecule has 0 saturated carbocycles. The zero-order valence-corrected chi connectivity index (χ0v) is 9.89. The van der Waals surface area contributed by atoms with Crippen molar-refractivity contribution >= 4 is 12.6 Å². The van der Waals surface area contributed by atoms with E-state index in [4.69, 9.17) is 14.4 Å². The van der Waals surface area contributed by atoms with E-state index in [0.29, 0.717) is 5.46 Å². The van der Waals surface area contributed by atoms with E-state index in [-0.39, 0.29) is 17.2 Å². The molecule has 1 aliphatic rings. The highest BCUT2D eigenvalue weighted by Crippen LogP contribution is 2.36. The molecule has 2 heterocycles. The fourth-order valence-corrected chi connectivity index (χ4v) is 1.43. The van der Waals surface area contributed by atoms with Crippen molar-refractivity contribution in [3.8, 4) is 6.01 Å². The van der Waals surface area contributed by atoms with E-state index in [1.165, 1.54) is 12.4 Å². The van der Waals surface area contributed by atoms with Crippen LogP contribution in [0.2, 0.25) is 0 Å². The molecule has 6 heteroatoms. The number of rotatable bonds is 1. The summed E-state index contributed by atoms with van der Waals surface area (Å²) in [4.78, 5) is 7.41. The minimum absolute atomic E-state index is 0.250. The standard InChI is InChI=1S/C10H15BN2O3/c1-9(2)10(3,4)16-11(15-9)7-5-12-8(14)13-6-7/h5-6H,1-4H3,(H,12,13,14). The number of hydrogen-bond donors (Lipinski definition) is 1. The summed E-state index contributed by atoms with van der Waals surface area (Å²) < 4.78 is 11.6. The van der Waals surface area contributed by atoms with Gasteiger partial charge in [0.05, 0.1) is 11.2 Å². The van der Waals surface area contributed by atoms with Crippen LogP contribution in [-0.2, 0) is 9.31 Å². The van der Waals surface area contributed by atoms with Gasteiger partial charge >= 0.3 is 13.1 Å². The highest BCUT2D eigenvalue weighted by atomic mass is 16.7. The second-order valence-corrected chi connectivity index (χ2v) is 4.90. The van der Waals surface area contributed by atoms with Crippen LogP contribution in [0.3, 0.4) is 0 Å². The van der Waals surface area contributed by atoms with Crippen LogP contribution < -0.4 is 5.46 Å². The fourth-order valence-electron chi connectivity index (χ4n) is 1.43. The highest BCUT2D eigenvalue weighted by Gasteiger charge is 2.51. The van der Waals surface area contributed by atoms with E-state index in [9.17, 15) is 0 Å². The first-order valence-corrected chi connectivity index (χ1v) is 5.18. The molecule has 16 heavy (non-hydrogen) atoms. The average molecular weight is 222 g/mol. The van der Waals surface area contributed by atoms with Gasteiger partial charge in [-0.25, -0.2) is 9.97 Å². The molecule has 86 valence electrons. The molecular weight excluding hydrogens is 207 g/mol. The van der Waals surface area contributed by atoms with E-state index in [1.54, 1.807) is 0 Å². The van der Waals surface area contributed by atoms with E-state index in [2.05, 4.69) is 9.97 Å². The van der Waals surface area contributed by atoms with Crippen LogP contribution in [0.15, 0.2) is 12.4 Å². The van der Waals surface area contributed by atoms with Gasteiger partial charge in [-0.1, -0.05) is 0 Å².